The van der Waals surface area contributed by atoms with Crippen LogP contribution in [0, 0.1) is 6.92 Å². The van der Waals surface area contributed by atoms with Gasteiger partial charge >= 0.3 is 0 Å². The predicted octanol–water partition coefficient (Wildman–Crippen LogP) is 2.57. The molecule has 70 valence electrons. The van der Waals surface area contributed by atoms with Crippen LogP contribution in [0.15, 0.2) is 18.2 Å². The van der Waals surface area contributed by atoms with Crippen LogP contribution < -0.4 is 0 Å². The molecule has 0 aliphatic heterocycles. The molecule has 0 radical (unpaired) electrons. The minimum Gasteiger partial charge on any atom is -0.508 e. The SMILES string of the molecule is CC(=O)C(Cl)c1cc(C)ccc1O. The summed E-state index contributed by atoms with van der Waals surface area (Å²) >= 11 is 5.81. The van der Waals surface area contributed by atoms with Gasteiger partial charge in [0.1, 0.15) is 11.1 Å². The van der Waals surface area contributed by atoms with E-state index in [0.29, 0.717) is 5.56 Å². The number of aromatic hydroxyl groups is 1. The lowest BCUT2D eigenvalue weighted by molar-refractivity contribution is -0.116. The van der Waals surface area contributed by atoms with E-state index in [0.717, 1.165) is 5.56 Å². The maximum atomic E-state index is 11.0. The van der Waals surface area contributed by atoms with Crippen molar-refractivity contribution in [1.29, 1.82) is 0 Å². The number of Topliss-reactive ketones (excluding diaryl/α,β-unsaturated/α-hetero) is 1. The minimum atomic E-state index is -0.750. The van der Waals surface area contributed by atoms with Crippen LogP contribution in [0.25, 0.3) is 0 Å². The van der Waals surface area contributed by atoms with Crippen LogP contribution in [-0.4, -0.2) is 10.9 Å². The summed E-state index contributed by atoms with van der Waals surface area (Å²) in [5.74, 6) is -0.0941. The first-order valence-corrected chi connectivity index (χ1v) is 4.40. The van der Waals surface area contributed by atoms with Crippen molar-refractivity contribution >= 4 is 17.4 Å². The van der Waals surface area contributed by atoms with Gasteiger partial charge in [0.15, 0.2) is 5.78 Å². The highest BCUT2D eigenvalue weighted by Gasteiger charge is 2.16. The van der Waals surface area contributed by atoms with Gasteiger partial charge in [-0.15, -0.1) is 11.6 Å². The van der Waals surface area contributed by atoms with Crippen molar-refractivity contribution in [3.8, 4) is 5.75 Å². The molecule has 0 aromatic heterocycles. The minimum absolute atomic E-state index is 0.0702. The molecule has 0 saturated carbocycles. The van der Waals surface area contributed by atoms with Gasteiger partial charge in [-0.25, -0.2) is 0 Å². The number of hydrogen-bond donors (Lipinski definition) is 1. The summed E-state index contributed by atoms with van der Waals surface area (Å²) in [7, 11) is 0. The smallest absolute Gasteiger partial charge is 0.152 e. The Hall–Kier alpha value is -1.02. The molecule has 1 atom stereocenters. The average Bonchev–Trinajstić information content (AvgIpc) is 2.08. The first-order valence-electron chi connectivity index (χ1n) is 3.96. The van der Waals surface area contributed by atoms with Crippen molar-refractivity contribution in [3.05, 3.63) is 29.3 Å². The van der Waals surface area contributed by atoms with E-state index >= 15 is 0 Å². The summed E-state index contributed by atoms with van der Waals surface area (Å²) in [6, 6.07) is 5.03. The van der Waals surface area contributed by atoms with E-state index in [1.165, 1.54) is 6.92 Å². The molecule has 0 spiro atoms. The van der Waals surface area contributed by atoms with E-state index in [2.05, 4.69) is 0 Å². The standard InChI is InChI=1S/C10H11ClO2/c1-6-3-4-9(13)8(5-6)10(11)7(2)12/h3-5,10,13H,1-2H3. The molecule has 1 rings (SSSR count). The van der Waals surface area contributed by atoms with Gasteiger partial charge in [-0.1, -0.05) is 17.7 Å². The second kappa shape index (κ2) is 3.79. The third kappa shape index (κ3) is 2.22. The van der Waals surface area contributed by atoms with Gasteiger partial charge in [0.2, 0.25) is 0 Å². The van der Waals surface area contributed by atoms with E-state index in [-0.39, 0.29) is 11.5 Å². The quantitative estimate of drug-likeness (QED) is 0.742. The van der Waals surface area contributed by atoms with E-state index in [9.17, 15) is 9.90 Å². The highest BCUT2D eigenvalue weighted by Crippen LogP contribution is 2.30. The van der Waals surface area contributed by atoms with Gasteiger partial charge in [0.25, 0.3) is 0 Å². The van der Waals surface area contributed by atoms with Crippen LogP contribution in [-0.2, 0) is 4.79 Å². The lowest BCUT2D eigenvalue weighted by Crippen LogP contribution is -2.01. The zero-order valence-corrected chi connectivity index (χ0v) is 8.30. The summed E-state index contributed by atoms with van der Waals surface area (Å²) in [4.78, 5) is 11.0. The molecule has 0 amide bonds. The number of benzene rings is 1. The zero-order chi connectivity index (χ0) is 10.0. The zero-order valence-electron chi connectivity index (χ0n) is 7.54. The Morgan fingerprint density at radius 3 is 2.69 bits per heavy atom. The number of phenolic OH excluding ortho intramolecular Hbond substituents is 1. The van der Waals surface area contributed by atoms with Crippen LogP contribution in [0.1, 0.15) is 23.4 Å². The third-order valence-corrected chi connectivity index (χ3v) is 2.36. The van der Waals surface area contributed by atoms with Crippen molar-refractivity contribution in [2.24, 2.45) is 0 Å². The van der Waals surface area contributed by atoms with Crippen LogP contribution in [0.5, 0.6) is 5.75 Å². The van der Waals surface area contributed by atoms with Gasteiger partial charge in [-0.05, 0) is 19.9 Å². The molecule has 3 heteroatoms. The first kappa shape index (κ1) is 10.1. The van der Waals surface area contributed by atoms with Crippen molar-refractivity contribution < 1.29 is 9.90 Å². The molecule has 0 saturated heterocycles. The number of alkyl halides is 1. The molecule has 1 N–H and O–H groups in total. The summed E-state index contributed by atoms with van der Waals surface area (Å²) in [6.45, 7) is 3.28. The molecule has 0 heterocycles. The Balaban J connectivity index is 3.12. The molecule has 0 aliphatic rings. The maximum Gasteiger partial charge on any atom is 0.152 e. The number of rotatable bonds is 2. The third-order valence-electron chi connectivity index (χ3n) is 1.81. The molecule has 13 heavy (non-hydrogen) atoms. The second-order valence-electron chi connectivity index (χ2n) is 3.04. The van der Waals surface area contributed by atoms with Gasteiger partial charge < -0.3 is 5.11 Å². The summed E-state index contributed by atoms with van der Waals surface area (Å²) in [6.07, 6.45) is 0. The van der Waals surface area contributed by atoms with Crippen molar-refractivity contribution in [3.63, 3.8) is 0 Å². The van der Waals surface area contributed by atoms with E-state index < -0.39 is 5.38 Å². The van der Waals surface area contributed by atoms with Crippen molar-refractivity contribution in [1.82, 2.24) is 0 Å². The highest BCUT2D eigenvalue weighted by molar-refractivity contribution is 6.31. The Kier molecular flexibility index (Phi) is 2.94. The summed E-state index contributed by atoms with van der Waals surface area (Å²) < 4.78 is 0. The molecule has 1 unspecified atom stereocenters. The van der Waals surface area contributed by atoms with Gasteiger partial charge in [0, 0.05) is 5.56 Å². The number of halogens is 1. The predicted molar refractivity (Wildman–Crippen MR) is 52.1 cm³/mol. The van der Waals surface area contributed by atoms with E-state index in [4.69, 9.17) is 11.6 Å². The molecule has 1 aromatic rings. The van der Waals surface area contributed by atoms with Crippen LogP contribution in [0.3, 0.4) is 0 Å². The van der Waals surface area contributed by atoms with Crippen molar-refractivity contribution in [2.45, 2.75) is 19.2 Å². The van der Waals surface area contributed by atoms with E-state index in [1.54, 1.807) is 18.2 Å². The molecule has 0 fully saturated rings. The summed E-state index contributed by atoms with van der Waals surface area (Å²) in [5.41, 5.74) is 1.45. The number of carbonyl (C=O) groups is 1. The number of ketones is 1. The fourth-order valence-corrected chi connectivity index (χ4v) is 1.27. The fourth-order valence-electron chi connectivity index (χ4n) is 1.10. The molecular weight excluding hydrogens is 188 g/mol. The van der Waals surface area contributed by atoms with Gasteiger partial charge in [-0.3, -0.25) is 4.79 Å². The Bertz CT molecular complexity index is 334. The van der Waals surface area contributed by atoms with Crippen molar-refractivity contribution in [2.75, 3.05) is 0 Å². The highest BCUT2D eigenvalue weighted by atomic mass is 35.5. The Morgan fingerprint density at radius 2 is 2.15 bits per heavy atom. The number of hydrogen-bond acceptors (Lipinski definition) is 2. The number of phenols is 1. The monoisotopic (exact) mass is 198 g/mol. The van der Waals surface area contributed by atoms with E-state index in [1.807, 2.05) is 6.92 Å². The molecule has 0 aliphatic carbocycles. The largest absolute Gasteiger partial charge is 0.508 e. The average molecular weight is 199 g/mol. The Labute approximate surface area is 82.2 Å². The number of aryl methyl sites for hydroxylation is 1. The van der Waals surface area contributed by atoms with Crippen LogP contribution >= 0.6 is 11.6 Å². The fraction of sp³-hybridized carbons (Fsp3) is 0.300. The Morgan fingerprint density at radius 1 is 1.54 bits per heavy atom. The van der Waals surface area contributed by atoms with Gasteiger partial charge in [-0.2, -0.15) is 0 Å². The lowest BCUT2D eigenvalue weighted by Gasteiger charge is -2.08. The molecular formula is C10H11ClO2. The molecule has 2 nitrogen and oxygen atoms in total. The number of carbonyl (C=O) groups excluding carboxylic acids is 1. The van der Waals surface area contributed by atoms with Crippen LogP contribution in [0.4, 0.5) is 0 Å². The summed E-state index contributed by atoms with van der Waals surface area (Å²) in [5, 5.41) is 8.67. The normalized spacial score (nSPS) is 12.5. The molecule has 0 bridgehead atoms. The topological polar surface area (TPSA) is 37.3 Å². The van der Waals surface area contributed by atoms with Gasteiger partial charge in [0.05, 0.1) is 0 Å². The molecule has 1 aromatic carbocycles. The van der Waals surface area contributed by atoms with Crippen LogP contribution in [0.2, 0.25) is 0 Å². The first-order chi connectivity index (χ1) is 6.02. The maximum absolute atomic E-state index is 11.0. The second-order valence-corrected chi connectivity index (χ2v) is 3.47. The lowest BCUT2D eigenvalue weighted by atomic mass is 10.1.